The molecule has 1 fully saturated rings. The van der Waals surface area contributed by atoms with Crippen molar-refractivity contribution >= 4 is 29.2 Å². The number of alkyl halides is 2. The summed E-state index contributed by atoms with van der Waals surface area (Å²) in [4.78, 5) is 21.7. The number of anilines is 2. The molecule has 144 valence electrons. The van der Waals surface area contributed by atoms with Crippen molar-refractivity contribution in [2.24, 2.45) is 0 Å². The van der Waals surface area contributed by atoms with Crippen LogP contribution in [0, 0.1) is 0 Å². The third kappa shape index (κ3) is 5.40. The Labute approximate surface area is 161 Å². The second-order valence-corrected chi connectivity index (χ2v) is 7.34. The monoisotopic (exact) mass is 392 g/mol. The molecular formula is C19H22F2N4OS. The molecule has 2 heterocycles. The maximum Gasteiger partial charge on any atom is 0.288 e. The Hall–Kier alpha value is -2.19. The van der Waals surface area contributed by atoms with Crippen LogP contribution in [0.4, 0.5) is 20.3 Å². The maximum atomic E-state index is 12.5. The van der Waals surface area contributed by atoms with E-state index < -0.39 is 5.76 Å². The molecule has 1 aliphatic rings. The van der Waals surface area contributed by atoms with Gasteiger partial charge in [0, 0.05) is 43.0 Å². The lowest BCUT2D eigenvalue weighted by atomic mass is 10.2. The van der Waals surface area contributed by atoms with Crippen LogP contribution in [-0.2, 0) is 4.79 Å². The summed E-state index contributed by atoms with van der Waals surface area (Å²) in [7, 11) is 0. The summed E-state index contributed by atoms with van der Waals surface area (Å²) >= 11 is 0.489. The predicted octanol–water partition coefficient (Wildman–Crippen LogP) is 3.55. The van der Waals surface area contributed by atoms with Crippen molar-refractivity contribution in [1.82, 2.24) is 9.88 Å². The molecule has 0 unspecified atom stereocenters. The van der Waals surface area contributed by atoms with Gasteiger partial charge in [-0.2, -0.15) is 8.78 Å². The molecule has 0 spiro atoms. The largest absolute Gasteiger partial charge is 0.354 e. The number of benzene rings is 1. The van der Waals surface area contributed by atoms with E-state index in [1.165, 1.54) is 0 Å². The highest BCUT2D eigenvalue weighted by Gasteiger charge is 2.26. The zero-order valence-corrected chi connectivity index (χ0v) is 15.8. The molecule has 8 heteroatoms. The van der Waals surface area contributed by atoms with Crippen LogP contribution < -0.4 is 10.2 Å². The molecule has 0 aliphatic carbocycles. The first-order chi connectivity index (χ1) is 13.0. The Morgan fingerprint density at radius 3 is 2.41 bits per heavy atom. The molecule has 5 nitrogen and oxygen atoms in total. The molecule has 1 aromatic carbocycles. The van der Waals surface area contributed by atoms with Crippen molar-refractivity contribution in [3.05, 3.63) is 48.7 Å². The molecule has 0 bridgehead atoms. The number of thioether (sulfide) groups is 1. The second kappa shape index (κ2) is 9.14. The van der Waals surface area contributed by atoms with Crippen LogP contribution in [0.5, 0.6) is 0 Å². The Kier molecular flexibility index (Phi) is 6.63. The molecule has 1 atom stereocenters. The summed E-state index contributed by atoms with van der Waals surface area (Å²) in [6.45, 7) is 5.05. The van der Waals surface area contributed by atoms with Crippen LogP contribution in [0.2, 0.25) is 0 Å². The highest BCUT2D eigenvalue weighted by molar-refractivity contribution is 7.99. The van der Waals surface area contributed by atoms with E-state index >= 15 is 0 Å². The summed E-state index contributed by atoms with van der Waals surface area (Å²) < 4.78 is 24.7. The van der Waals surface area contributed by atoms with Crippen LogP contribution >= 0.6 is 11.8 Å². The number of nitrogens with zero attached hydrogens (tertiary/aromatic N) is 3. The minimum Gasteiger partial charge on any atom is -0.354 e. The average Bonchev–Trinajstić information content (AvgIpc) is 2.69. The third-order valence-electron chi connectivity index (χ3n) is 4.56. The molecule has 0 saturated carbocycles. The minimum absolute atomic E-state index is 0.101. The molecule has 3 rings (SSSR count). The van der Waals surface area contributed by atoms with E-state index in [9.17, 15) is 13.6 Å². The van der Waals surface area contributed by atoms with Crippen LogP contribution in [0.3, 0.4) is 0 Å². The summed E-state index contributed by atoms with van der Waals surface area (Å²) in [5.74, 6) is -1.60. The first kappa shape index (κ1) is 19.6. The van der Waals surface area contributed by atoms with Gasteiger partial charge < -0.3 is 10.2 Å². The maximum absolute atomic E-state index is 12.5. The number of hydrogen-bond donors (Lipinski definition) is 1. The van der Waals surface area contributed by atoms with E-state index in [4.69, 9.17) is 0 Å². The van der Waals surface area contributed by atoms with Gasteiger partial charge >= 0.3 is 0 Å². The fourth-order valence-corrected chi connectivity index (χ4v) is 3.51. The third-order valence-corrected chi connectivity index (χ3v) is 5.28. The zero-order valence-electron chi connectivity index (χ0n) is 15.0. The van der Waals surface area contributed by atoms with E-state index in [0.29, 0.717) is 22.3 Å². The fourth-order valence-electron chi connectivity index (χ4n) is 3.01. The zero-order chi connectivity index (χ0) is 19.2. The number of nitrogens with one attached hydrogen (secondary N) is 1. The summed E-state index contributed by atoms with van der Waals surface area (Å²) in [6, 6.07) is 12.0. The second-order valence-electron chi connectivity index (χ2n) is 6.28. The number of carbonyl (C=O) groups excluding carboxylic acids is 1. The first-order valence-corrected chi connectivity index (χ1v) is 9.66. The van der Waals surface area contributed by atoms with Gasteiger partial charge in [-0.1, -0.05) is 17.8 Å². The predicted molar refractivity (Wildman–Crippen MR) is 104 cm³/mol. The molecule has 0 radical (unpaired) electrons. The number of piperazine rings is 1. The highest BCUT2D eigenvalue weighted by Crippen LogP contribution is 2.26. The molecule has 1 saturated heterocycles. The Morgan fingerprint density at radius 2 is 1.81 bits per heavy atom. The van der Waals surface area contributed by atoms with E-state index in [1.54, 1.807) is 30.5 Å². The fraction of sp³-hybridized carbons (Fsp3) is 0.368. The van der Waals surface area contributed by atoms with Crippen LogP contribution in [0.25, 0.3) is 0 Å². The number of rotatable bonds is 6. The Morgan fingerprint density at radius 1 is 1.11 bits per heavy atom. The van der Waals surface area contributed by atoms with Gasteiger partial charge in [0.15, 0.2) is 0 Å². The lowest BCUT2D eigenvalue weighted by molar-refractivity contribution is -0.120. The van der Waals surface area contributed by atoms with Crippen molar-refractivity contribution < 1.29 is 13.6 Å². The van der Waals surface area contributed by atoms with Crippen molar-refractivity contribution in [3.8, 4) is 0 Å². The van der Waals surface area contributed by atoms with Gasteiger partial charge in [0.1, 0.15) is 5.82 Å². The SMILES string of the molecule is C[C@@H](C(=O)Nc1ccc(SC(F)F)cc1)N1CCN(c2ccccn2)CC1. The molecule has 1 aliphatic heterocycles. The van der Waals surface area contributed by atoms with Gasteiger partial charge in [0.2, 0.25) is 5.91 Å². The van der Waals surface area contributed by atoms with Crippen molar-refractivity contribution in [2.75, 3.05) is 36.4 Å². The van der Waals surface area contributed by atoms with E-state index in [-0.39, 0.29) is 11.9 Å². The Balaban J connectivity index is 1.50. The molecule has 1 amide bonds. The first-order valence-electron chi connectivity index (χ1n) is 8.78. The lowest BCUT2D eigenvalue weighted by Gasteiger charge is -2.37. The smallest absolute Gasteiger partial charge is 0.288 e. The van der Waals surface area contributed by atoms with E-state index in [2.05, 4.69) is 20.1 Å². The van der Waals surface area contributed by atoms with Crippen molar-refractivity contribution in [3.63, 3.8) is 0 Å². The normalized spacial score (nSPS) is 16.4. The number of hydrogen-bond acceptors (Lipinski definition) is 5. The molecule has 27 heavy (non-hydrogen) atoms. The number of halogens is 2. The van der Waals surface area contributed by atoms with Crippen LogP contribution in [0.1, 0.15) is 6.92 Å². The van der Waals surface area contributed by atoms with Gasteiger partial charge in [-0.3, -0.25) is 9.69 Å². The average molecular weight is 392 g/mol. The van der Waals surface area contributed by atoms with Gasteiger partial charge in [-0.15, -0.1) is 0 Å². The minimum atomic E-state index is -2.45. The number of amides is 1. The highest BCUT2D eigenvalue weighted by atomic mass is 32.2. The van der Waals surface area contributed by atoms with Gasteiger partial charge in [0.05, 0.1) is 6.04 Å². The quantitative estimate of drug-likeness (QED) is 0.762. The number of aromatic nitrogens is 1. The number of carbonyl (C=O) groups is 1. The molecule has 1 N–H and O–H groups in total. The summed E-state index contributed by atoms with van der Waals surface area (Å²) in [5, 5.41) is 2.86. The Bertz CT molecular complexity index is 737. The summed E-state index contributed by atoms with van der Waals surface area (Å²) in [6.07, 6.45) is 1.78. The standard InChI is InChI=1S/C19H22F2N4OS/c1-14(18(26)23-15-5-7-16(8-6-15)27-19(20)21)24-10-12-25(13-11-24)17-4-2-3-9-22-17/h2-9,14,19H,10-13H2,1H3,(H,23,26)/t14-/m0/s1. The topological polar surface area (TPSA) is 48.5 Å². The van der Waals surface area contributed by atoms with Gasteiger partial charge in [-0.05, 0) is 43.3 Å². The van der Waals surface area contributed by atoms with Crippen LogP contribution in [-0.4, -0.2) is 53.8 Å². The molecule has 1 aromatic heterocycles. The van der Waals surface area contributed by atoms with Crippen LogP contribution in [0.15, 0.2) is 53.6 Å². The van der Waals surface area contributed by atoms with Crippen molar-refractivity contribution in [1.29, 1.82) is 0 Å². The lowest BCUT2D eigenvalue weighted by Crippen LogP contribution is -2.53. The van der Waals surface area contributed by atoms with Gasteiger partial charge in [-0.25, -0.2) is 4.98 Å². The molecule has 2 aromatic rings. The van der Waals surface area contributed by atoms with E-state index in [1.807, 2.05) is 25.1 Å². The van der Waals surface area contributed by atoms with Crippen molar-refractivity contribution in [2.45, 2.75) is 23.6 Å². The number of pyridine rings is 1. The van der Waals surface area contributed by atoms with E-state index in [0.717, 1.165) is 32.0 Å². The summed E-state index contributed by atoms with van der Waals surface area (Å²) in [5.41, 5.74) is 0.609. The molecular weight excluding hydrogens is 370 g/mol. The van der Waals surface area contributed by atoms with Gasteiger partial charge in [0.25, 0.3) is 5.76 Å².